The van der Waals surface area contributed by atoms with Crippen LogP contribution in [0.3, 0.4) is 0 Å². The average Bonchev–Trinajstić information content (AvgIpc) is 3.42. The fourth-order valence-corrected chi connectivity index (χ4v) is 3.97. The number of carbonyl (C=O) groups is 1. The minimum absolute atomic E-state index is 0.248. The van der Waals surface area contributed by atoms with Crippen molar-refractivity contribution in [3.05, 3.63) is 35.4 Å². The lowest BCUT2D eigenvalue weighted by atomic mass is 10.0. The second-order valence-electron chi connectivity index (χ2n) is 8.40. The van der Waals surface area contributed by atoms with E-state index in [-0.39, 0.29) is 5.91 Å². The van der Waals surface area contributed by atoms with Gasteiger partial charge in [-0.05, 0) is 43.2 Å². The second-order valence-corrected chi connectivity index (χ2v) is 8.40. The Kier molecular flexibility index (Phi) is 6.94. The number of hydrogen-bond acceptors (Lipinski definition) is 3. The minimum atomic E-state index is -0.248. The van der Waals surface area contributed by atoms with Crippen molar-refractivity contribution in [2.75, 3.05) is 26.2 Å². The zero-order chi connectivity index (χ0) is 20.1. The molecule has 2 atom stereocenters. The first-order valence-electron chi connectivity index (χ1n) is 10.6. The summed E-state index contributed by atoms with van der Waals surface area (Å²) in [7, 11) is 0. The van der Waals surface area contributed by atoms with Gasteiger partial charge in [0.1, 0.15) is 0 Å². The number of nitrogens with zero attached hydrogens (tertiary/aromatic N) is 2. The normalized spacial score (nSPS) is 23.6. The molecule has 1 heterocycles. The summed E-state index contributed by atoms with van der Waals surface area (Å²) in [6.45, 7) is 9.44. The molecule has 0 bridgehead atoms. The molecule has 2 fully saturated rings. The molecule has 154 valence electrons. The predicted octanol–water partition coefficient (Wildman–Crippen LogP) is 2.17. The fourth-order valence-electron chi connectivity index (χ4n) is 3.97. The summed E-state index contributed by atoms with van der Waals surface area (Å²) in [5.41, 5.74) is 8.11. The van der Waals surface area contributed by atoms with Crippen LogP contribution in [0.4, 0.5) is 0 Å². The van der Waals surface area contributed by atoms with Crippen LogP contribution in [-0.2, 0) is 4.79 Å². The summed E-state index contributed by atoms with van der Waals surface area (Å²) in [5.74, 6) is 1.82. The molecule has 28 heavy (non-hydrogen) atoms. The van der Waals surface area contributed by atoms with Gasteiger partial charge in [0.25, 0.3) is 0 Å². The molecule has 1 aromatic rings. The minimum Gasteiger partial charge on any atom is -0.369 e. The first kappa shape index (κ1) is 20.6. The fraction of sp³-hybridized carbons (Fsp3) is 0.636. The van der Waals surface area contributed by atoms with Crippen LogP contribution in [0.2, 0.25) is 0 Å². The van der Waals surface area contributed by atoms with Gasteiger partial charge in [0.15, 0.2) is 5.96 Å². The number of guanidine groups is 1. The highest BCUT2D eigenvalue weighted by Gasteiger charge is 2.39. The standard InChI is InChI=1S/C22H35N5O/c1-4-24-22(25-18-9-11-27(12-10-18)14-21(23)28)26-20-13-19(20)17-7-5-16(6-8-17)15(2)3/h5-8,15,18-20H,4,9-14H2,1-3H3,(H2,23,28)(H2,24,25,26). The molecule has 2 unspecified atom stereocenters. The number of amides is 1. The Morgan fingerprint density at radius 1 is 1.21 bits per heavy atom. The van der Waals surface area contributed by atoms with Crippen LogP contribution in [0.1, 0.15) is 63.0 Å². The van der Waals surface area contributed by atoms with Crippen molar-refractivity contribution in [3.8, 4) is 0 Å². The molecule has 6 nitrogen and oxygen atoms in total. The summed E-state index contributed by atoms with van der Waals surface area (Å²) < 4.78 is 0. The van der Waals surface area contributed by atoms with E-state index in [9.17, 15) is 4.79 Å². The Labute approximate surface area is 169 Å². The number of primary amides is 1. The quantitative estimate of drug-likeness (QED) is 0.496. The second kappa shape index (κ2) is 9.41. The molecular weight excluding hydrogens is 350 g/mol. The molecule has 4 N–H and O–H groups in total. The van der Waals surface area contributed by atoms with E-state index in [1.807, 2.05) is 0 Å². The van der Waals surface area contributed by atoms with Crippen molar-refractivity contribution in [3.63, 3.8) is 0 Å². The highest BCUT2D eigenvalue weighted by atomic mass is 16.1. The van der Waals surface area contributed by atoms with Gasteiger partial charge in [-0.2, -0.15) is 0 Å². The molecular formula is C22H35N5O. The molecule has 2 aliphatic rings. The van der Waals surface area contributed by atoms with Gasteiger partial charge in [-0.25, -0.2) is 0 Å². The largest absolute Gasteiger partial charge is 0.369 e. The smallest absolute Gasteiger partial charge is 0.231 e. The molecule has 0 spiro atoms. The van der Waals surface area contributed by atoms with Gasteiger partial charge in [0.05, 0.1) is 6.54 Å². The Morgan fingerprint density at radius 2 is 1.89 bits per heavy atom. The van der Waals surface area contributed by atoms with Crippen molar-refractivity contribution in [1.29, 1.82) is 0 Å². The Balaban J connectivity index is 1.48. The van der Waals surface area contributed by atoms with Crippen LogP contribution >= 0.6 is 0 Å². The zero-order valence-electron chi connectivity index (χ0n) is 17.4. The van der Waals surface area contributed by atoms with Crippen molar-refractivity contribution >= 4 is 11.9 Å². The topological polar surface area (TPSA) is 82.8 Å². The first-order chi connectivity index (χ1) is 13.5. The van der Waals surface area contributed by atoms with E-state index in [1.165, 1.54) is 11.1 Å². The Bertz CT molecular complexity index is 677. The molecule has 1 amide bonds. The lowest BCUT2D eigenvalue weighted by Crippen LogP contribution is -2.50. The van der Waals surface area contributed by atoms with Gasteiger partial charge < -0.3 is 16.4 Å². The highest BCUT2D eigenvalue weighted by Crippen LogP contribution is 2.41. The number of nitrogens with one attached hydrogen (secondary N) is 2. The van der Waals surface area contributed by atoms with Crippen LogP contribution in [0.5, 0.6) is 0 Å². The van der Waals surface area contributed by atoms with E-state index >= 15 is 0 Å². The summed E-state index contributed by atoms with van der Waals surface area (Å²) in [4.78, 5) is 17.8. The summed E-state index contributed by atoms with van der Waals surface area (Å²) >= 11 is 0. The van der Waals surface area contributed by atoms with Crippen LogP contribution in [0, 0.1) is 0 Å². The molecule has 1 aromatic carbocycles. The van der Waals surface area contributed by atoms with Crippen LogP contribution in [0.15, 0.2) is 29.3 Å². The molecule has 1 saturated heterocycles. The third-order valence-electron chi connectivity index (χ3n) is 5.77. The Hall–Kier alpha value is -2.08. The highest BCUT2D eigenvalue weighted by molar-refractivity contribution is 5.81. The van der Waals surface area contributed by atoms with Crippen molar-refractivity contribution in [2.45, 2.75) is 64.0 Å². The maximum atomic E-state index is 11.1. The first-order valence-corrected chi connectivity index (χ1v) is 10.6. The average molecular weight is 386 g/mol. The van der Waals surface area contributed by atoms with Gasteiger partial charge in [0, 0.05) is 37.6 Å². The van der Waals surface area contributed by atoms with E-state index in [0.29, 0.717) is 30.5 Å². The summed E-state index contributed by atoms with van der Waals surface area (Å²) in [6.07, 6.45) is 3.16. The lowest BCUT2D eigenvalue weighted by Gasteiger charge is -2.32. The molecule has 0 radical (unpaired) electrons. The monoisotopic (exact) mass is 385 g/mol. The molecule has 3 rings (SSSR count). The molecule has 1 aliphatic carbocycles. The number of hydrogen-bond donors (Lipinski definition) is 3. The third kappa shape index (κ3) is 5.71. The van der Waals surface area contributed by atoms with Crippen LogP contribution in [0.25, 0.3) is 0 Å². The van der Waals surface area contributed by atoms with Crippen molar-refractivity contribution < 1.29 is 4.79 Å². The third-order valence-corrected chi connectivity index (χ3v) is 5.77. The SMILES string of the molecule is CCN=C(NC1CCN(CC(N)=O)CC1)NC1CC1c1ccc(C(C)C)cc1. The van der Waals surface area contributed by atoms with E-state index in [2.05, 4.69) is 65.6 Å². The predicted molar refractivity (Wildman–Crippen MR) is 115 cm³/mol. The van der Waals surface area contributed by atoms with E-state index in [4.69, 9.17) is 5.73 Å². The molecule has 0 aromatic heterocycles. The molecule has 6 heteroatoms. The van der Waals surface area contributed by atoms with Crippen molar-refractivity contribution in [2.24, 2.45) is 10.7 Å². The van der Waals surface area contributed by atoms with Crippen LogP contribution < -0.4 is 16.4 Å². The zero-order valence-corrected chi connectivity index (χ0v) is 17.4. The summed E-state index contributed by atoms with van der Waals surface area (Å²) in [6, 6.07) is 9.92. The molecule has 1 aliphatic heterocycles. The maximum Gasteiger partial charge on any atom is 0.231 e. The van der Waals surface area contributed by atoms with Gasteiger partial charge in [-0.15, -0.1) is 0 Å². The number of likely N-dealkylation sites (tertiary alicyclic amines) is 1. The summed E-state index contributed by atoms with van der Waals surface area (Å²) in [5, 5.41) is 7.21. The molecule has 1 saturated carbocycles. The Morgan fingerprint density at radius 3 is 2.46 bits per heavy atom. The van der Waals surface area contributed by atoms with E-state index < -0.39 is 0 Å². The van der Waals surface area contributed by atoms with Gasteiger partial charge in [-0.3, -0.25) is 14.7 Å². The van der Waals surface area contributed by atoms with Gasteiger partial charge in [-0.1, -0.05) is 38.1 Å². The van der Waals surface area contributed by atoms with Crippen molar-refractivity contribution in [1.82, 2.24) is 15.5 Å². The van der Waals surface area contributed by atoms with Crippen LogP contribution in [-0.4, -0.2) is 55.0 Å². The van der Waals surface area contributed by atoms with E-state index in [1.54, 1.807) is 0 Å². The number of piperidine rings is 1. The van der Waals surface area contributed by atoms with E-state index in [0.717, 1.165) is 44.9 Å². The number of nitrogens with two attached hydrogens (primary N) is 1. The van der Waals surface area contributed by atoms with Gasteiger partial charge in [0.2, 0.25) is 5.91 Å². The number of rotatable bonds is 7. The lowest BCUT2D eigenvalue weighted by molar-refractivity contribution is -0.119. The number of benzene rings is 1. The van der Waals surface area contributed by atoms with Gasteiger partial charge >= 0.3 is 0 Å². The number of aliphatic imine (C=N–C) groups is 1. The number of carbonyl (C=O) groups excluding carboxylic acids is 1. The maximum absolute atomic E-state index is 11.1.